The molecule has 0 aromatic carbocycles. The highest BCUT2D eigenvalue weighted by Gasteiger charge is 2.15. The van der Waals surface area contributed by atoms with Crippen molar-refractivity contribution >= 4 is 0 Å². The molecular weight excluding hydrogens is 202 g/mol. The van der Waals surface area contributed by atoms with Gasteiger partial charge in [0.1, 0.15) is 0 Å². The zero-order valence-corrected chi connectivity index (χ0v) is 10.8. The van der Waals surface area contributed by atoms with E-state index >= 15 is 0 Å². The predicted octanol–water partition coefficient (Wildman–Crippen LogP) is -0.0156. The van der Waals surface area contributed by atoms with Crippen LogP contribution in [-0.4, -0.2) is 73.9 Å². The Labute approximate surface area is 99.6 Å². The van der Waals surface area contributed by atoms with Crippen LogP contribution in [0.5, 0.6) is 0 Å². The number of likely N-dealkylation sites (tertiary alicyclic amines) is 1. The van der Waals surface area contributed by atoms with Crippen LogP contribution >= 0.6 is 0 Å². The van der Waals surface area contributed by atoms with Gasteiger partial charge in [-0.2, -0.15) is 0 Å². The topological polar surface area (TPSA) is 38.7 Å². The molecule has 1 aliphatic heterocycles. The second-order valence-corrected chi connectivity index (χ2v) is 4.76. The molecule has 0 saturated carbocycles. The highest BCUT2D eigenvalue weighted by molar-refractivity contribution is 4.71. The summed E-state index contributed by atoms with van der Waals surface area (Å²) >= 11 is 0. The van der Waals surface area contributed by atoms with Crippen molar-refractivity contribution in [3.63, 3.8) is 0 Å². The first-order valence-electron chi connectivity index (χ1n) is 6.52. The number of hydrogen-bond donors (Lipinski definition) is 2. The molecule has 1 saturated heterocycles. The smallest absolute Gasteiger partial charge is 0.0791 e. The van der Waals surface area contributed by atoms with Crippen molar-refractivity contribution in [2.75, 3.05) is 52.9 Å². The van der Waals surface area contributed by atoms with Crippen LogP contribution in [0, 0.1) is 0 Å². The summed E-state index contributed by atoms with van der Waals surface area (Å²) in [5.74, 6) is 0. The number of aliphatic hydroxyl groups excluding tert-OH is 1. The lowest BCUT2D eigenvalue weighted by molar-refractivity contribution is 0.123. The molecule has 0 aromatic heterocycles. The fraction of sp³-hybridized carbons (Fsp3) is 1.00. The lowest BCUT2D eigenvalue weighted by atomic mass is 10.3. The summed E-state index contributed by atoms with van der Waals surface area (Å²) in [6, 6.07) is 0. The SMILES string of the molecule is CCN(C)CCNCC(O)CN1CCCC1. The van der Waals surface area contributed by atoms with Gasteiger partial charge < -0.3 is 20.2 Å². The Balaban J connectivity index is 1.95. The van der Waals surface area contributed by atoms with Gasteiger partial charge in [-0.25, -0.2) is 0 Å². The molecule has 1 heterocycles. The van der Waals surface area contributed by atoms with Gasteiger partial charge in [0, 0.05) is 26.2 Å². The summed E-state index contributed by atoms with van der Waals surface area (Å²) in [6.07, 6.45) is 2.37. The quantitative estimate of drug-likeness (QED) is 0.574. The summed E-state index contributed by atoms with van der Waals surface area (Å²) in [4.78, 5) is 4.62. The molecule has 4 heteroatoms. The van der Waals surface area contributed by atoms with E-state index in [1.807, 2.05) is 0 Å². The molecule has 1 unspecified atom stereocenters. The van der Waals surface area contributed by atoms with Crippen LogP contribution in [-0.2, 0) is 0 Å². The van der Waals surface area contributed by atoms with Crippen molar-refractivity contribution < 1.29 is 5.11 Å². The maximum Gasteiger partial charge on any atom is 0.0791 e. The molecule has 96 valence electrons. The lowest BCUT2D eigenvalue weighted by Crippen LogP contribution is -2.39. The fourth-order valence-corrected chi connectivity index (χ4v) is 2.02. The van der Waals surface area contributed by atoms with Crippen LogP contribution < -0.4 is 5.32 Å². The van der Waals surface area contributed by atoms with E-state index < -0.39 is 0 Å². The fourth-order valence-electron chi connectivity index (χ4n) is 2.02. The molecule has 2 N–H and O–H groups in total. The number of rotatable bonds is 8. The summed E-state index contributed by atoms with van der Waals surface area (Å²) < 4.78 is 0. The predicted molar refractivity (Wildman–Crippen MR) is 67.7 cm³/mol. The summed E-state index contributed by atoms with van der Waals surface area (Å²) in [5, 5.41) is 13.1. The van der Waals surface area contributed by atoms with E-state index in [4.69, 9.17) is 0 Å². The van der Waals surface area contributed by atoms with Crippen LogP contribution in [0.3, 0.4) is 0 Å². The number of nitrogens with one attached hydrogen (secondary N) is 1. The van der Waals surface area contributed by atoms with Crippen LogP contribution in [0.1, 0.15) is 19.8 Å². The first-order valence-corrected chi connectivity index (χ1v) is 6.52. The van der Waals surface area contributed by atoms with Gasteiger partial charge in [0.2, 0.25) is 0 Å². The van der Waals surface area contributed by atoms with Gasteiger partial charge >= 0.3 is 0 Å². The van der Waals surface area contributed by atoms with Crippen LogP contribution in [0.15, 0.2) is 0 Å². The molecule has 1 atom stereocenters. The molecule has 0 aromatic rings. The number of likely N-dealkylation sites (N-methyl/N-ethyl adjacent to an activating group) is 1. The number of β-amino-alcohol motifs (C(OH)–C–C–N with tert-alkyl or cyclic N) is 1. The van der Waals surface area contributed by atoms with Gasteiger partial charge in [-0.3, -0.25) is 0 Å². The van der Waals surface area contributed by atoms with Gasteiger partial charge in [0.15, 0.2) is 0 Å². The third-order valence-electron chi connectivity index (χ3n) is 3.26. The largest absolute Gasteiger partial charge is 0.390 e. The zero-order valence-electron chi connectivity index (χ0n) is 10.8. The Bertz CT molecular complexity index is 172. The Kier molecular flexibility index (Phi) is 6.96. The van der Waals surface area contributed by atoms with Gasteiger partial charge in [-0.05, 0) is 39.5 Å². The third-order valence-corrected chi connectivity index (χ3v) is 3.26. The molecule has 16 heavy (non-hydrogen) atoms. The summed E-state index contributed by atoms with van der Waals surface area (Å²) in [6.45, 7) is 9.12. The molecule has 0 spiro atoms. The molecule has 1 rings (SSSR count). The molecule has 0 bridgehead atoms. The van der Waals surface area contributed by atoms with Gasteiger partial charge in [0.05, 0.1) is 6.10 Å². The van der Waals surface area contributed by atoms with Crippen molar-refractivity contribution in [2.45, 2.75) is 25.9 Å². The standard InChI is InChI=1S/C12H27N3O/c1-3-14(2)9-6-13-10-12(16)11-15-7-4-5-8-15/h12-13,16H,3-11H2,1-2H3. The van der Waals surface area contributed by atoms with E-state index in [9.17, 15) is 5.11 Å². The number of nitrogens with zero attached hydrogens (tertiary/aromatic N) is 2. The minimum absolute atomic E-state index is 0.218. The third kappa shape index (κ3) is 5.80. The molecule has 0 amide bonds. The van der Waals surface area contributed by atoms with Crippen molar-refractivity contribution in [1.29, 1.82) is 0 Å². The second-order valence-electron chi connectivity index (χ2n) is 4.76. The summed E-state index contributed by atoms with van der Waals surface area (Å²) in [7, 11) is 2.11. The molecule has 4 nitrogen and oxygen atoms in total. The zero-order chi connectivity index (χ0) is 11.8. The monoisotopic (exact) mass is 229 g/mol. The molecule has 1 aliphatic rings. The number of aliphatic hydroxyl groups is 1. The maximum atomic E-state index is 9.81. The Hall–Kier alpha value is -0.160. The maximum absolute atomic E-state index is 9.81. The van der Waals surface area contributed by atoms with Crippen molar-refractivity contribution in [3.05, 3.63) is 0 Å². The first kappa shape index (κ1) is 13.9. The summed E-state index contributed by atoms with van der Waals surface area (Å²) in [5.41, 5.74) is 0. The highest BCUT2D eigenvalue weighted by Crippen LogP contribution is 2.07. The van der Waals surface area contributed by atoms with E-state index in [1.165, 1.54) is 12.8 Å². The molecule has 0 aliphatic carbocycles. The highest BCUT2D eigenvalue weighted by atomic mass is 16.3. The molecular formula is C12H27N3O. The average Bonchev–Trinajstić information content (AvgIpc) is 2.76. The van der Waals surface area contributed by atoms with Crippen molar-refractivity contribution in [2.24, 2.45) is 0 Å². The first-order chi connectivity index (χ1) is 7.72. The van der Waals surface area contributed by atoms with Gasteiger partial charge in [-0.1, -0.05) is 6.92 Å². The van der Waals surface area contributed by atoms with E-state index in [-0.39, 0.29) is 6.10 Å². The molecule has 1 fully saturated rings. The Morgan fingerprint density at radius 3 is 2.69 bits per heavy atom. The van der Waals surface area contributed by atoms with E-state index in [2.05, 4.69) is 29.1 Å². The molecule has 0 radical (unpaired) electrons. The minimum atomic E-state index is -0.218. The average molecular weight is 229 g/mol. The van der Waals surface area contributed by atoms with Crippen molar-refractivity contribution in [3.8, 4) is 0 Å². The van der Waals surface area contributed by atoms with Gasteiger partial charge in [-0.15, -0.1) is 0 Å². The van der Waals surface area contributed by atoms with Crippen LogP contribution in [0.2, 0.25) is 0 Å². The van der Waals surface area contributed by atoms with Gasteiger partial charge in [0.25, 0.3) is 0 Å². The van der Waals surface area contributed by atoms with E-state index in [0.29, 0.717) is 6.54 Å². The number of hydrogen-bond acceptors (Lipinski definition) is 4. The Morgan fingerprint density at radius 1 is 1.38 bits per heavy atom. The van der Waals surface area contributed by atoms with Crippen molar-refractivity contribution in [1.82, 2.24) is 15.1 Å². The Morgan fingerprint density at radius 2 is 2.06 bits per heavy atom. The second kappa shape index (κ2) is 8.01. The van der Waals surface area contributed by atoms with E-state index in [1.54, 1.807) is 0 Å². The minimum Gasteiger partial charge on any atom is -0.390 e. The van der Waals surface area contributed by atoms with Crippen LogP contribution in [0.25, 0.3) is 0 Å². The van der Waals surface area contributed by atoms with Crippen LogP contribution in [0.4, 0.5) is 0 Å². The lowest BCUT2D eigenvalue weighted by Gasteiger charge is -2.20. The normalized spacial score (nSPS) is 19.5. The van der Waals surface area contributed by atoms with E-state index in [0.717, 1.165) is 39.3 Å².